The molecule has 8 nitrogen and oxygen atoms in total. The molecule has 0 unspecified atom stereocenters. The van der Waals surface area contributed by atoms with Crippen LogP contribution in [-0.2, 0) is 4.79 Å². The summed E-state index contributed by atoms with van der Waals surface area (Å²) in [5.74, 6) is 1.44. The van der Waals surface area contributed by atoms with Crippen molar-refractivity contribution < 1.29 is 9.18 Å². The van der Waals surface area contributed by atoms with Crippen molar-refractivity contribution in [1.82, 2.24) is 24.3 Å². The summed E-state index contributed by atoms with van der Waals surface area (Å²) < 4.78 is 15.5. The summed E-state index contributed by atoms with van der Waals surface area (Å²) >= 11 is 0. The monoisotopic (exact) mass is 433 g/mol. The van der Waals surface area contributed by atoms with Crippen LogP contribution in [0, 0.1) is 23.1 Å². The van der Waals surface area contributed by atoms with Gasteiger partial charge in [-0.25, -0.2) is 19.3 Å². The summed E-state index contributed by atoms with van der Waals surface area (Å²) in [6.07, 6.45) is 8.93. The number of carbonyl (C=O) groups is 1. The molecule has 0 N–H and O–H groups in total. The van der Waals surface area contributed by atoms with E-state index in [1.54, 1.807) is 27.8 Å². The molecule has 3 aromatic rings. The van der Waals surface area contributed by atoms with E-state index in [1.165, 1.54) is 25.1 Å². The Kier molecular flexibility index (Phi) is 5.43. The van der Waals surface area contributed by atoms with E-state index in [2.05, 4.69) is 14.9 Å². The molecule has 0 aromatic carbocycles. The number of anilines is 1. The first-order valence-electron chi connectivity index (χ1n) is 11.0. The molecule has 2 fully saturated rings. The van der Waals surface area contributed by atoms with Gasteiger partial charge < -0.3 is 9.80 Å². The Bertz CT molecular complexity index is 1180. The molecule has 0 bridgehead atoms. The lowest BCUT2D eigenvalue weighted by Gasteiger charge is -2.40. The SMILES string of the molecule is N#CCC(=O)N1CCC[C@@H](N(CC2CC2)c2ccnc(-c3cnc4ccc(F)cn34)n2)C1. The van der Waals surface area contributed by atoms with Crippen molar-refractivity contribution in [2.75, 3.05) is 24.5 Å². The second-order valence-electron chi connectivity index (χ2n) is 8.52. The number of aromatic nitrogens is 4. The highest BCUT2D eigenvalue weighted by molar-refractivity contribution is 5.78. The number of amides is 1. The highest BCUT2D eigenvalue weighted by Crippen LogP contribution is 2.33. The molecule has 1 atom stereocenters. The minimum atomic E-state index is -0.354. The molecule has 1 saturated carbocycles. The molecule has 1 aliphatic heterocycles. The maximum Gasteiger partial charge on any atom is 0.236 e. The third kappa shape index (κ3) is 4.13. The van der Waals surface area contributed by atoms with Crippen LogP contribution in [-0.4, -0.2) is 55.8 Å². The fourth-order valence-corrected chi connectivity index (χ4v) is 4.38. The number of imidazole rings is 1. The van der Waals surface area contributed by atoms with Gasteiger partial charge in [-0.3, -0.25) is 9.20 Å². The number of halogens is 1. The first-order chi connectivity index (χ1) is 15.6. The second kappa shape index (κ2) is 8.54. The Morgan fingerprint density at radius 1 is 1.25 bits per heavy atom. The summed E-state index contributed by atoms with van der Waals surface area (Å²) in [6.45, 7) is 2.16. The van der Waals surface area contributed by atoms with Crippen molar-refractivity contribution in [2.24, 2.45) is 5.92 Å². The summed E-state index contributed by atoms with van der Waals surface area (Å²) in [7, 11) is 0. The molecule has 9 heteroatoms. The average Bonchev–Trinajstić information content (AvgIpc) is 3.54. The van der Waals surface area contributed by atoms with Crippen LogP contribution in [0.3, 0.4) is 0 Å². The molecule has 4 heterocycles. The Hall–Kier alpha value is -3.54. The predicted molar refractivity (Wildman–Crippen MR) is 116 cm³/mol. The normalized spacial score (nSPS) is 18.5. The van der Waals surface area contributed by atoms with Crippen LogP contribution in [0.15, 0.2) is 36.8 Å². The standard InChI is InChI=1S/C23H24FN7O/c24-17-5-6-20-27-12-19(31(20)14-17)23-26-10-8-21(28-23)30(13-16-3-4-16)18-2-1-11-29(15-18)22(32)7-9-25/h5-6,8,10,12,14,16,18H,1-4,7,11,13,15H2/t18-/m1/s1. The number of nitriles is 1. The zero-order valence-corrected chi connectivity index (χ0v) is 17.7. The lowest BCUT2D eigenvalue weighted by molar-refractivity contribution is -0.131. The van der Waals surface area contributed by atoms with Gasteiger partial charge in [-0.05, 0) is 49.8 Å². The van der Waals surface area contributed by atoms with Crippen LogP contribution < -0.4 is 4.90 Å². The summed E-state index contributed by atoms with van der Waals surface area (Å²) in [4.78, 5) is 30.0. The molecule has 3 aromatic heterocycles. The fourth-order valence-electron chi connectivity index (χ4n) is 4.38. The van der Waals surface area contributed by atoms with Crippen LogP contribution >= 0.6 is 0 Å². The molecule has 1 amide bonds. The summed E-state index contributed by atoms with van der Waals surface area (Å²) in [5, 5.41) is 8.91. The average molecular weight is 433 g/mol. The van der Waals surface area contributed by atoms with E-state index in [9.17, 15) is 9.18 Å². The van der Waals surface area contributed by atoms with Crippen molar-refractivity contribution in [3.63, 3.8) is 0 Å². The van der Waals surface area contributed by atoms with Crippen LogP contribution in [0.2, 0.25) is 0 Å². The molecule has 1 saturated heterocycles. The highest BCUT2D eigenvalue weighted by Gasteiger charge is 2.33. The van der Waals surface area contributed by atoms with E-state index in [0.717, 1.165) is 25.2 Å². The smallest absolute Gasteiger partial charge is 0.236 e. The molecule has 164 valence electrons. The third-order valence-corrected chi connectivity index (χ3v) is 6.21. The molecular weight excluding hydrogens is 409 g/mol. The van der Waals surface area contributed by atoms with E-state index in [4.69, 9.17) is 10.2 Å². The molecule has 5 rings (SSSR count). The first kappa shape index (κ1) is 20.4. The van der Waals surface area contributed by atoms with Crippen LogP contribution in [0.1, 0.15) is 32.1 Å². The van der Waals surface area contributed by atoms with E-state index in [0.29, 0.717) is 36.2 Å². The van der Waals surface area contributed by atoms with Crippen molar-refractivity contribution in [3.05, 3.63) is 42.6 Å². The molecular formula is C23H24FN7O. The number of carbonyl (C=O) groups excluding carboxylic acids is 1. The molecule has 32 heavy (non-hydrogen) atoms. The zero-order chi connectivity index (χ0) is 22.1. The lowest BCUT2D eigenvalue weighted by atomic mass is 10.0. The van der Waals surface area contributed by atoms with Gasteiger partial charge in [0.15, 0.2) is 5.82 Å². The Morgan fingerprint density at radius 3 is 2.94 bits per heavy atom. The molecule has 0 radical (unpaired) electrons. The van der Waals surface area contributed by atoms with Gasteiger partial charge in [0.1, 0.15) is 29.4 Å². The predicted octanol–water partition coefficient (Wildman–Crippen LogP) is 3.05. The molecule has 1 aliphatic carbocycles. The van der Waals surface area contributed by atoms with Crippen LogP contribution in [0.5, 0.6) is 0 Å². The number of nitrogens with zero attached hydrogens (tertiary/aromatic N) is 7. The van der Waals surface area contributed by atoms with Crippen LogP contribution in [0.4, 0.5) is 10.2 Å². The summed E-state index contributed by atoms with van der Waals surface area (Å²) in [6, 6.07) is 6.99. The topological polar surface area (TPSA) is 90.4 Å². The van der Waals surface area contributed by atoms with Gasteiger partial charge in [0, 0.05) is 38.1 Å². The minimum absolute atomic E-state index is 0.0855. The maximum absolute atomic E-state index is 13.8. The number of fused-ring (bicyclic) bond motifs is 1. The van der Waals surface area contributed by atoms with Gasteiger partial charge in [-0.1, -0.05) is 0 Å². The Morgan fingerprint density at radius 2 is 2.12 bits per heavy atom. The number of pyridine rings is 1. The highest BCUT2D eigenvalue weighted by atomic mass is 19.1. The number of hydrogen-bond acceptors (Lipinski definition) is 6. The lowest BCUT2D eigenvalue weighted by Crippen LogP contribution is -2.50. The largest absolute Gasteiger partial charge is 0.351 e. The van der Waals surface area contributed by atoms with Gasteiger partial charge in [0.2, 0.25) is 5.91 Å². The van der Waals surface area contributed by atoms with Crippen molar-refractivity contribution >= 4 is 17.4 Å². The number of rotatable bonds is 6. The van der Waals surface area contributed by atoms with E-state index < -0.39 is 0 Å². The van der Waals surface area contributed by atoms with Crippen molar-refractivity contribution in [1.29, 1.82) is 5.26 Å². The van der Waals surface area contributed by atoms with Gasteiger partial charge >= 0.3 is 0 Å². The molecule has 0 spiro atoms. The van der Waals surface area contributed by atoms with Crippen molar-refractivity contribution in [3.8, 4) is 17.6 Å². The molecule has 2 aliphatic rings. The summed E-state index contributed by atoms with van der Waals surface area (Å²) in [5.41, 5.74) is 1.26. The fraction of sp³-hybridized carbons (Fsp3) is 0.435. The first-order valence-corrected chi connectivity index (χ1v) is 11.0. The van der Waals surface area contributed by atoms with Gasteiger partial charge in [-0.15, -0.1) is 0 Å². The van der Waals surface area contributed by atoms with Crippen LogP contribution in [0.25, 0.3) is 17.2 Å². The Balaban J connectivity index is 1.46. The van der Waals surface area contributed by atoms with Gasteiger partial charge in [0.05, 0.1) is 12.3 Å². The zero-order valence-electron chi connectivity index (χ0n) is 17.7. The third-order valence-electron chi connectivity index (χ3n) is 6.21. The van der Waals surface area contributed by atoms with E-state index in [1.807, 2.05) is 12.1 Å². The van der Waals surface area contributed by atoms with Gasteiger partial charge in [0.25, 0.3) is 0 Å². The number of piperidine rings is 1. The van der Waals surface area contributed by atoms with E-state index >= 15 is 0 Å². The maximum atomic E-state index is 13.8. The van der Waals surface area contributed by atoms with Crippen molar-refractivity contribution in [2.45, 2.75) is 38.1 Å². The second-order valence-corrected chi connectivity index (χ2v) is 8.52. The Labute approximate surface area is 185 Å². The van der Waals surface area contributed by atoms with Gasteiger partial charge in [-0.2, -0.15) is 5.26 Å². The quantitative estimate of drug-likeness (QED) is 0.594. The number of hydrogen-bond donors (Lipinski definition) is 0. The number of likely N-dealkylation sites (tertiary alicyclic amines) is 1. The van der Waals surface area contributed by atoms with E-state index in [-0.39, 0.29) is 24.2 Å². The minimum Gasteiger partial charge on any atom is -0.351 e.